The molecule has 3 rings (SSSR count). The minimum absolute atomic E-state index is 0.00431. The van der Waals surface area contributed by atoms with Gasteiger partial charge in [-0.2, -0.15) is 0 Å². The normalized spacial score (nSPS) is 25.5. The summed E-state index contributed by atoms with van der Waals surface area (Å²) in [6.45, 7) is 1.75. The minimum atomic E-state index is -3.30. The van der Waals surface area contributed by atoms with Crippen molar-refractivity contribution in [3.63, 3.8) is 0 Å². The molecule has 0 bridgehead atoms. The van der Waals surface area contributed by atoms with Crippen LogP contribution in [0, 0.1) is 0 Å². The number of amides is 2. The monoisotopic (exact) mass is 435 g/mol. The Morgan fingerprint density at radius 2 is 1.90 bits per heavy atom. The number of benzene rings is 1. The fourth-order valence-electron chi connectivity index (χ4n) is 4.49. The van der Waals surface area contributed by atoms with Crippen molar-refractivity contribution in [1.82, 2.24) is 15.5 Å². The van der Waals surface area contributed by atoms with Crippen molar-refractivity contribution in [3.8, 4) is 0 Å². The number of fused-ring (bicyclic) bond motifs is 1. The van der Waals surface area contributed by atoms with Crippen LogP contribution in [0.2, 0.25) is 0 Å². The number of aryl methyl sites for hydroxylation is 1. The molecule has 30 heavy (non-hydrogen) atoms. The molecule has 2 saturated heterocycles. The van der Waals surface area contributed by atoms with Gasteiger partial charge in [0.25, 0.3) is 0 Å². The van der Waals surface area contributed by atoms with Crippen LogP contribution in [0.5, 0.6) is 0 Å². The first-order valence-electron chi connectivity index (χ1n) is 10.8. The van der Waals surface area contributed by atoms with E-state index in [9.17, 15) is 18.0 Å². The number of nitrogens with one attached hydrogen (secondary N) is 2. The van der Waals surface area contributed by atoms with Crippen LogP contribution in [-0.4, -0.2) is 67.9 Å². The SMILES string of the molecule is CNC(C)C(=O)N[C@H]1CCC[C@H]2CC[C@@H](CS(=O)(=O)CCc3ccccc3)N2C1=O. The second kappa shape index (κ2) is 9.92. The number of carbonyl (C=O) groups excluding carboxylic acids is 2. The van der Waals surface area contributed by atoms with Gasteiger partial charge in [0, 0.05) is 12.1 Å². The van der Waals surface area contributed by atoms with Crippen LogP contribution < -0.4 is 10.6 Å². The lowest BCUT2D eigenvalue weighted by molar-refractivity contribution is -0.138. The summed E-state index contributed by atoms with van der Waals surface area (Å²) in [7, 11) is -1.60. The lowest BCUT2D eigenvalue weighted by atomic mass is 10.1. The van der Waals surface area contributed by atoms with E-state index < -0.39 is 15.9 Å². The molecule has 166 valence electrons. The largest absolute Gasteiger partial charge is 0.343 e. The number of nitrogens with zero attached hydrogens (tertiary/aromatic N) is 1. The maximum absolute atomic E-state index is 13.2. The molecular weight excluding hydrogens is 402 g/mol. The van der Waals surface area contributed by atoms with E-state index in [0.717, 1.165) is 24.8 Å². The molecule has 0 aromatic heterocycles. The second-order valence-electron chi connectivity index (χ2n) is 8.48. The Morgan fingerprint density at radius 3 is 2.60 bits per heavy atom. The molecule has 1 aromatic carbocycles. The van der Waals surface area contributed by atoms with Gasteiger partial charge >= 0.3 is 0 Å². The van der Waals surface area contributed by atoms with Crippen LogP contribution in [-0.2, 0) is 25.8 Å². The Balaban J connectivity index is 1.66. The Kier molecular flexibility index (Phi) is 7.52. The third-order valence-electron chi connectivity index (χ3n) is 6.34. The quantitative estimate of drug-likeness (QED) is 0.641. The highest BCUT2D eigenvalue weighted by Gasteiger charge is 2.43. The average Bonchev–Trinajstić information content (AvgIpc) is 3.05. The molecule has 0 saturated carbocycles. The highest BCUT2D eigenvalue weighted by molar-refractivity contribution is 7.91. The predicted octanol–water partition coefficient (Wildman–Crippen LogP) is 1.28. The van der Waals surface area contributed by atoms with Gasteiger partial charge in [-0.15, -0.1) is 0 Å². The van der Waals surface area contributed by atoms with Gasteiger partial charge in [0.2, 0.25) is 11.8 Å². The van der Waals surface area contributed by atoms with Crippen LogP contribution in [0.25, 0.3) is 0 Å². The molecule has 2 aliphatic rings. The molecule has 2 fully saturated rings. The molecular formula is C22H33N3O4S. The van der Waals surface area contributed by atoms with E-state index in [-0.39, 0.29) is 41.4 Å². The maximum atomic E-state index is 13.2. The molecule has 2 heterocycles. The number of carbonyl (C=O) groups is 2. The second-order valence-corrected chi connectivity index (χ2v) is 10.7. The van der Waals surface area contributed by atoms with E-state index in [1.807, 2.05) is 30.3 Å². The van der Waals surface area contributed by atoms with E-state index in [1.54, 1.807) is 18.9 Å². The van der Waals surface area contributed by atoms with Gasteiger partial charge in [-0.05, 0) is 58.1 Å². The minimum Gasteiger partial charge on any atom is -0.343 e. The summed E-state index contributed by atoms with van der Waals surface area (Å²) in [6, 6.07) is 8.39. The molecule has 1 unspecified atom stereocenters. The molecule has 0 spiro atoms. The summed E-state index contributed by atoms with van der Waals surface area (Å²) in [5.74, 6) is -0.258. The van der Waals surface area contributed by atoms with Crippen molar-refractivity contribution in [3.05, 3.63) is 35.9 Å². The number of sulfone groups is 1. The lowest BCUT2D eigenvalue weighted by Gasteiger charge is -2.31. The molecule has 7 nitrogen and oxygen atoms in total. The van der Waals surface area contributed by atoms with Crippen molar-refractivity contribution in [2.24, 2.45) is 0 Å². The third kappa shape index (κ3) is 5.60. The molecule has 2 aliphatic heterocycles. The number of hydrogen-bond donors (Lipinski definition) is 2. The van der Waals surface area contributed by atoms with E-state index in [4.69, 9.17) is 0 Å². The highest BCUT2D eigenvalue weighted by atomic mass is 32.2. The molecule has 2 amide bonds. The molecule has 0 aliphatic carbocycles. The van der Waals surface area contributed by atoms with Crippen molar-refractivity contribution in [2.75, 3.05) is 18.6 Å². The summed E-state index contributed by atoms with van der Waals surface area (Å²) in [4.78, 5) is 27.3. The summed E-state index contributed by atoms with van der Waals surface area (Å²) < 4.78 is 25.6. The van der Waals surface area contributed by atoms with Gasteiger partial charge in [0.1, 0.15) is 6.04 Å². The van der Waals surface area contributed by atoms with Crippen molar-refractivity contribution >= 4 is 21.7 Å². The van der Waals surface area contributed by atoms with E-state index >= 15 is 0 Å². The summed E-state index contributed by atoms with van der Waals surface area (Å²) in [6.07, 6.45) is 4.32. The molecule has 8 heteroatoms. The Bertz CT molecular complexity index is 843. The maximum Gasteiger partial charge on any atom is 0.245 e. The van der Waals surface area contributed by atoms with Gasteiger partial charge in [0.05, 0.1) is 17.5 Å². The lowest BCUT2D eigenvalue weighted by Crippen LogP contribution is -2.54. The van der Waals surface area contributed by atoms with Crippen LogP contribution in [0.1, 0.15) is 44.6 Å². The fourth-order valence-corrected chi connectivity index (χ4v) is 6.11. The summed E-state index contributed by atoms with van der Waals surface area (Å²) in [5.41, 5.74) is 0.998. The van der Waals surface area contributed by atoms with Gasteiger partial charge in [0.15, 0.2) is 9.84 Å². The van der Waals surface area contributed by atoms with Gasteiger partial charge in [-0.1, -0.05) is 30.3 Å². The third-order valence-corrected chi connectivity index (χ3v) is 8.06. The molecule has 2 N–H and O–H groups in total. The standard InChI is InChI=1S/C22H33N3O4S/c1-16(23-2)21(26)24-20-10-6-9-18-11-12-19(25(18)22(20)27)15-30(28,29)14-13-17-7-4-3-5-8-17/h3-5,7-8,16,18-20,23H,6,9-15H2,1-2H3,(H,24,26)/t16?,18-,19-,20-/m0/s1. The molecule has 4 atom stereocenters. The summed E-state index contributed by atoms with van der Waals surface area (Å²) >= 11 is 0. The number of likely N-dealkylation sites (N-methyl/N-ethyl adjacent to an activating group) is 1. The first kappa shape index (κ1) is 22.7. The topological polar surface area (TPSA) is 95.6 Å². The Morgan fingerprint density at radius 1 is 1.17 bits per heavy atom. The van der Waals surface area contributed by atoms with E-state index in [2.05, 4.69) is 10.6 Å². The van der Waals surface area contributed by atoms with Gasteiger partial charge in [-0.3, -0.25) is 9.59 Å². The zero-order chi connectivity index (χ0) is 21.7. The molecule has 1 aromatic rings. The van der Waals surface area contributed by atoms with Crippen LogP contribution >= 0.6 is 0 Å². The highest BCUT2D eigenvalue weighted by Crippen LogP contribution is 2.32. The fraction of sp³-hybridized carbons (Fsp3) is 0.636. The Labute approximate surface area is 179 Å². The van der Waals surface area contributed by atoms with Crippen LogP contribution in [0.3, 0.4) is 0 Å². The number of rotatable bonds is 8. The number of hydrogen-bond acceptors (Lipinski definition) is 5. The van der Waals surface area contributed by atoms with Crippen molar-refractivity contribution in [2.45, 2.75) is 69.6 Å². The first-order chi connectivity index (χ1) is 14.3. The smallest absolute Gasteiger partial charge is 0.245 e. The van der Waals surface area contributed by atoms with Crippen LogP contribution in [0.4, 0.5) is 0 Å². The first-order valence-corrected chi connectivity index (χ1v) is 12.7. The average molecular weight is 436 g/mol. The van der Waals surface area contributed by atoms with Gasteiger partial charge in [-0.25, -0.2) is 8.42 Å². The molecule has 0 radical (unpaired) electrons. The van der Waals surface area contributed by atoms with Crippen molar-refractivity contribution < 1.29 is 18.0 Å². The van der Waals surface area contributed by atoms with Crippen molar-refractivity contribution in [1.29, 1.82) is 0 Å². The summed E-state index contributed by atoms with van der Waals surface area (Å²) in [5, 5.41) is 5.74. The van der Waals surface area contributed by atoms with E-state index in [1.165, 1.54) is 0 Å². The predicted molar refractivity (Wildman–Crippen MR) is 117 cm³/mol. The zero-order valence-corrected chi connectivity index (χ0v) is 18.7. The van der Waals surface area contributed by atoms with Gasteiger partial charge < -0.3 is 15.5 Å². The van der Waals surface area contributed by atoms with Crippen LogP contribution in [0.15, 0.2) is 30.3 Å². The van der Waals surface area contributed by atoms with E-state index in [0.29, 0.717) is 19.3 Å². The zero-order valence-electron chi connectivity index (χ0n) is 17.8. The Hall–Kier alpha value is -1.93.